The summed E-state index contributed by atoms with van der Waals surface area (Å²) >= 11 is 0. The van der Waals surface area contributed by atoms with Crippen LogP contribution in [0.3, 0.4) is 0 Å². The lowest BCUT2D eigenvalue weighted by atomic mass is 10.2. The maximum atomic E-state index is 9.51. The van der Waals surface area contributed by atoms with E-state index in [0.29, 0.717) is 0 Å². The quantitative estimate of drug-likeness (QED) is 0.340. The van der Waals surface area contributed by atoms with E-state index in [4.69, 9.17) is 20.4 Å². The van der Waals surface area contributed by atoms with Crippen molar-refractivity contribution < 1.29 is 20.4 Å². The molecule has 0 aromatic carbocycles. The van der Waals surface area contributed by atoms with Gasteiger partial charge in [-0.3, -0.25) is 0 Å². The lowest BCUT2D eigenvalue weighted by Gasteiger charge is -2.15. The highest BCUT2D eigenvalue weighted by Crippen LogP contribution is 1.99. The Morgan fingerprint density at radius 3 is 2.10 bits per heavy atom. The van der Waals surface area contributed by atoms with Crippen LogP contribution in [0.2, 0.25) is 0 Å². The molecule has 0 aliphatic heterocycles. The number of nitrogens with zero attached hydrogens (tertiary/aromatic N) is 1. The zero-order chi connectivity index (χ0) is 8.15. The van der Waals surface area contributed by atoms with Gasteiger partial charge < -0.3 is 20.4 Å². The molecule has 0 saturated heterocycles. The first-order valence-electron chi connectivity index (χ1n) is 2.61. The van der Waals surface area contributed by atoms with E-state index in [2.05, 4.69) is 0 Å². The molecule has 0 aliphatic rings. The maximum Gasteiger partial charge on any atom is 0.215 e. The van der Waals surface area contributed by atoms with Crippen molar-refractivity contribution in [1.82, 2.24) is 0 Å². The molecular formula is C4H9NO5. The largest absolute Gasteiger partial charge is 0.394 e. The van der Waals surface area contributed by atoms with Gasteiger partial charge in [-0.2, -0.15) is 0 Å². The number of rotatable bonds is 4. The molecular weight excluding hydrogens is 142 g/mol. The van der Waals surface area contributed by atoms with E-state index in [0.717, 1.165) is 0 Å². The van der Waals surface area contributed by atoms with Gasteiger partial charge in [0, 0.05) is 0 Å². The number of aliphatic hydroxyl groups is 4. The molecule has 0 fully saturated rings. The molecule has 0 radical (unpaired) electrons. The average molecular weight is 151 g/mol. The van der Waals surface area contributed by atoms with Crippen molar-refractivity contribution in [3.8, 4) is 0 Å². The van der Waals surface area contributed by atoms with Crippen molar-refractivity contribution in [1.29, 1.82) is 0 Å². The highest BCUT2D eigenvalue weighted by atomic mass is 16.4. The molecule has 0 rings (SSSR count). The predicted molar refractivity (Wildman–Crippen MR) is 30.9 cm³/mol. The minimum Gasteiger partial charge on any atom is -0.394 e. The van der Waals surface area contributed by atoms with E-state index in [1.54, 1.807) is 0 Å². The van der Waals surface area contributed by atoms with E-state index in [9.17, 15) is 4.91 Å². The first kappa shape index (κ1) is 9.44. The normalized spacial score (nSPS) is 19.6. The number of nitroso groups, excluding NO2 is 1. The summed E-state index contributed by atoms with van der Waals surface area (Å²) in [5.74, 6) is 0. The van der Waals surface area contributed by atoms with Gasteiger partial charge in [-0.15, -0.1) is 4.91 Å². The summed E-state index contributed by atoms with van der Waals surface area (Å²) < 4.78 is 0. The SMILES string of the molecule is O=N[C@H](O)[C@@H](O)[C@H](O)CO. The maximum absolute atomic E-state index is 9.51. The summed E-state index contributed by atoms with van der Waals surface area (Å²) in [5.41, 5.74) is 0. The van der Waals surface area contributed by atoms with Crippen molar-refractivity contribution >= 4 is 0 Å². The molecule has 0 aromatic rings. The lowest BCUT2D eigenvalue weighted by Crippen LogP contribution is -2.38. The van der Waals surface area contributed by atoms with Crippen LogP contribution >= 0.6 is 0 Å². The summed E-state index contributed by atoms with van der Waals surface area (Å²) in [6.07, 6.45) is -5.14. The minimum absolute atomic E-state index is 0.728. The van der Waals surface area contributed by atoms with Crippen molar-refractivity contribution in [3.63, 3.8) is 0 Å². The van der Waals surface area contributed by atoms with Gasteiger partial charge in [-0.25, -0.2) is 0 Å². The fraction of sp³-hybridized carbons (Fsp3) is 1.00. The standard InChI is InChI=1S/C4H9NO5/c6-1-2(7)3(8)4(9)5-10/h2-4,6-9H,1H2/t2-,3+,4-/m1/s1. The zero-order valence-electron chi connectivity index (χ0n) is 5.08. The third-order valence-electron chi connectivity index (χ3n) is 0.995. The summed E-state index contributed by atoms with van der Waals surface area (Å²) in [6, 6.07) is 0. The molecule has 60 valence electrons. The van der Waals surface area contributed by atoms with Crippen molar-refractivity contribution in [2.24, 2.45) is 5.18 Å². The monoisotopic (exact) mass is 151 g/mol. The first-order chi connectivity index (χ1) is 4.63. The Labute approximate surface area is 56.7 Å². The Kier molecular flexibility index (Phi) is 4.05. The number of hydrogen-bond donors (Lipinski definition) is 4. The fourth-order valence-electron chi connectivity index (χ4n) is 0.369. The Hall–Kier alpha value is -0.560. The molecule has 6 heteroatoms. The summed E-state index contributed by atoms with van der Waals surface area (Å²) in [4.78, 5) is 9.51. The summed E-state index contributed by atoms with van der Waals surface area (Å²) in [5, 5.41) is 35.9. The third kappa shape index (κ3) is 2.36. The van der Waals surface area contributed by atoms with Crippen LogP contribution < -0.4 is 0 Å². The van der Waals surface area contributed by atoms with Gasteiger partial charge in [0.25, 0.3) is 0 Å². The lowest BCUT2D eigenvalue weighted by molar-refractivity contribution is -0.0734. The van der Waals surface area contributed by atoms with E-state index in [1.165, 1.54) is 0 Å². The molecule has 0 aromatic heterocycles. The third-order valence-corrected chi connectivity index (χ3v) is 0.995. The first-order valence-corrected chi connectivity index (χ1v) is 2.61. The Bertz CT molecular complexity index is 108. The van der Waals surface area contributed by atoms with Gasteiger partial charge in [0.15, 0.2) is 0 Å². The van der Waals surface area contributed by atoms with Gasteiger partial charge in [-0.05, 0) is 5.18 Å². The van der Waals surface area contributed by atoms with Crippen molar-refractivity contribution in [2.45, 2.75) is 18.4 Å². The van der Waals surface area contributed by atoms with Gasteiger partial charge >= 0.3 is 0 Å². The van der Waals surface area contributed by atoms with Crippen LogP contribution in [0.1, 0.15) is 0 Å². The second kappa shape index (κ2) is 4.29. The van der Waals surface area contributed by atoms with Crippen LogP contribution in [0, 0.1) is 4.91 Å². The summed E-state index contributed by atoms with van der Waals surface area (Å²) in [7, 11) is 0. The predicted octanol–water partition coefficient (Wildman–Crippen LogP) is -2.21. The molecule has 10 heavy (non-hydrogen) atoms. The zero-order valence-corrected chi connectivity index (χ0v) is 5.08. The van der Waals surface area contributed by atoms with E-state index >= 15 is 0 Å². The van der Waals surface area contributed by atoms with Crippen molar-refractivity contribution in [2.75, 3.05) is 6.61 Å². The molecule has 0 heterocycles. The average Bonchev–Trinajstić information content (AvgIpc) is 2.00. The molecule has 0 spiro atoms. The highest BCUT2D eigenvalue weighted by molar-refractivity contribution is 4.71. The van der Waals surface area contributed by atoms with Crippen LogP contribution in [-0.4, -0.2) is 45.5 Å². The Morgan fingerprint density at radius 1 is 1.30 bits per heavy atom. The van der Waals surface area contributed by atoms with E-state index < -0.39 is 25.0 Å². The fourth-order valence-corrected chi connectivity index (χ4v) is 0.369. The van der Waals surface area contributed by atoms with Gasteiger partial charge in [0.2, 0.25) is 6.23 Å². The number of aliphatic hydroxyl groups excluding tert-OH is 4. The van der Waals surface area contributed by atoms with Crippen LogP contribution in [0.4, 0.5) is 0 Å². The molecule has 0 amide bonds. The molecule has 6 nitrogen and oxygen atoms in total. The molecule has 3 atom stereocenters. The Balaban J connectivity index is 3.80. The van der Waals surface area contributed by atoms with E-state index in [1.807, 2.05) is 5.18 Å². The van der Waals surface area contributed by atoms with Crippen LogP contribution in [0.15, 0.2) is 5.18 Å². The van der Waals surface area contributed by atoms with Crippen LogP contribution in [-0.2, 0) is 0 Å². The smallest absolute Gasteiger partial charge is 0.215 e. The molecule has 4 N–H and O–H groups in total. The van der Waals surface area contributed by atoms with Gasteiger partial charge in [0.1, 0.15) is 12.2 Å². The van der Waals surface area contributed by atoms with E-state index in [-0.39, 0.29) is 0 Å². The molecule has 0 aliphatic carbocycles. The van der Waals surface area contributed by atoms with Crippen LogP contribution in [0.5, 0.6) is 0 Å². The molecule has 0 bridgehead atoms. The molecule has 0 saturated carbocycles. The topological polar surface area (TPSA) is 110 Å². The second-order valence-electron chi connectivity index (χ2n) is 1.76. The molecule has 0 unspecified atom stereocenters. The van der Waals surface area contributed by atoms with Crippen molar-refractivity contribution in [3.05, 3.63) is 4.91 Å². The highest BCUT2D eigenvalue weighted by Gasteiger charge is 2.24. The van der Waals surface area contributed by atoms with Crippen LogP contribution in [0.25, 0.3) is 0 Å². The van der Waals surface area contributed by atoms with Gasteiger partial charge in [-0.1, -0.05) is 0 Å². The number of hydrogen-bond acceptors (Lipinski definition) is 6. The second-order valence-corrected chi connectivity index (χ2v) is 1.76. The minimum atomic E-state index is -1.89. The summed E-state index contributed by atoms with van der Waals surface area (Å²) in [6.45, 7) is -0.728. The Morgan fingerprint density at radius 2 is 1.80 bits per heavy atom. The van der Waals surface area contributed by atoms with Gasteiger partial charge in [0.05, 0.1) is 6.61 Å².